The Morgan fingerprint density at radius 2 is 2.09 bits per heavy atom. The number of nitrogens with two attached hydrogens (primary N) is 1. The summed E-state index contributed by atoms with van der Waals surface area (Å²) in [6.45, 7) is 7.17. The predicted octanol–water partition coefficient (Wildman–Crippen LogP) is 2.45. The van der Waals surface area contributed by atoms with E-state index in [-0.39, 0.29) is 0 Å². The van der Waals surface area contributed by atoms with E-state index in [1.807, 2.05) is 0 Å². The van der Waals surface area contributed by atoms with Crippen LogP contribution in [0.2, 0.25) is 25.2 Å². The molecular formula is C9H21NSi. The molecule has 0 aliphatic carbocycles. The van der Waals surface area contributed by atoms with Gasteiger partial charge in [0.2, 0.25) is 0 Å². The third kappa shape index (κ3) is 2.60. The average molecular weight is 171 g/mol. The second kappa shape index (κ2) is 3.28. The summed E-state index contributed by atoms with van der Waals surface area (Å²) in [5.74, 6) is 0.838. The third-order valence-corrected chi connectivity index (χ3v) is 6.32. The van der Waals surface area contributed by atoms with Crippen LogP contribution in [-0.4, -0.2) is 14.1 Å². The molecule has 0 bridgehead atoms. The highest BCUT2D eigenvalue weighted by atomic mass is 28.3. The van der Waals surface area contributed by atoms with Gasteiger partial charge in [-0.05, 0) is 19.3 Å². The molecule has 2 N–H and O–H groups in total. The molecule has 0 aromatic rings. The SMILES string of the molecule is CC(N)C1CCC[Si](C)(C)C1. The molecule has 0 radical (unpaired) electrons. The minimum absolute atomic E-state index is 0.432. The summed E-state index contributed by atoms with van der Waals surface area (Å²) in [6.07, 6.45) is 2.82. The van der Waals surface area contributed by atoms with Crippen molar-refractivity contribution < 1.29 is 0 Å². The van der Waals surface area contributed by atoms with Crippen molar-refractivity contribution in [2.24, 2.45) is 11.7 Å². The summed E-state index contributed by atoms with van der Waals surface area (Å²) in [4.78, 5) is 0. The van der Waals surface area contributed by atoms with Crippen molar-refractivity contribution in [2.45, 2.75) is 51.0 Å². The Labute approximate surface area is 71.4 Å². The first kappa shape index (κ1) is 9.27. The minimum atomic E-state index is -0.796. The van der Waals surface area contributed by atoms with Gasteiger partial charge in [-0.1, -0.05) is 31.6 Å². The van der Waals surface area contributed by atoms with Crippen LogP contribution in [0.5, 0.6) is 0 Å². The lowest BCUT2D eigenvalue weighted by molar-refractivity contribution is 0.423. The molecule has 11 heavy (non-hydrogen) atoms. The molecule has 0 aromatic heterocycles. The van der Waals surface area contributed by atoms with Crippen LogP contribution < -0.4 is 5.73 Å². The van der Waals surface area contributed by atoms with Gasteiger partial charge in [0.05, 0.1) is 0 Å². The molecule has 66 valence electrons. The summed E-state index contributed by atoms with van der Waals surface area (Å²) in [6, 6.07) is 3.42. The summed E-state index contributed by atoms with van der Waals surface area (Å²) in [7, 11) is -0.796. The second-order valence-corrected chi connectivity index (χ2v) is 10.1. The standard InChI is InChI=1S/C9H21NSi/c1-8(10)9-5-4-6-11(2,3)7-9/h8-9H,4-7,10H2,1-3H3. The molecule has 2 heteroatoms. The highest BCUT2D eigenvalue weighted by molar-refractivity contribution is 6.77. The van der Waals surface area contributed by atoms with Crippen molar-refractivity contribution >= 4 is 8.07 Å². The molecule has 1 saturated heterocycles. The third-order valence-electron chi connectivity index (χ3n) is 2.99. The zero-order chi connectivity index (χ0) is 8.48. The molecule has 1 heterocycles. The van der Waals surface area contributed by atoms with E-state index in [1.54, 1.807) is 0 Å². The van der Waals surface area contributed by atoms with Gasteiger partial charge in [-0.3, -0.25) is 0 Å². The monoisotopic (exact) mass is 171 g/mol. The van der Waals surface area contributed by atoms with E-state index in [4.69, 9.17) is 5.73 Å². The fourth-order valence-corrected chi connectivity index (χ4v) is 5.57. The van der Waals surface area contributed by atoms with Crippen LogP contribution in [0.25, 0.3) is 0 Å². The van der Waals surface area contributed by atoms with Crippen LogP contribution >= 0.6 is 0 Å². The first-order valence-electron chi connectivity index (χ1n) is 4.77. The summed E-state index contributed by atoms with van der Waals surface area (Å²) in [5, 5.41) is 0. The lowest BCUT2D eigenvalue weighted by Gasteiger charge is -2.35. The first-order chi connectivity index (χ1) is 5.01. The van der Waals surface area contributed by atoms with E-state index < -0.39 is 8.07 Å². The lowest BCUT2D eigenvalue weighted by atomic mass is 9.98. The average Bonchev–Trinajstić information content (AvgIpc) is 1.85. The van der Waals surface area contributed by atoms with E-state index in [0.717, 1.165) is 5.92 Å². The number of rotatable bonds is 1. The first-order valence-corrected chi connectivity index (χ1v) is 8.18. The lowest BCUT2D eigenvalue weighted by Crippen LogP contribution is -2.39. The maximum Gasteiger partial charge on any atom is 0.0477 e. The molecule has 2 atom stereocenters. The predicted molar refractivity (Wildman–Crippen MR) is 53.5 cm³/mol. The highest BCUT2D eigenvalue weighted by Gasteiger charge is 2.30. The van der Waals surface area contributed by atoms with Crippen molar-refractivity contribution in [2.75, 3.05) is 0 Å². The van der Waals surface area contributed by atoms with E-state index in [9.17, 15) is 0 Å². The molecule has 1 nitrogen and oxygen atoms in total. The van der Waals surface area contributed by atoms with Gasteiger partial charge in [0, 0.05) is 14.1 Å². The fourth-order valence-electron chi connectivity index (χ4n) is 2.21. The van der Waals surface area contributed by atoms with E-state index >= 15 is 0 Å². The Hall–Kier alpha value is 0.177. The number of hydrogen-bond donors (Lipinski definition) is 1. The van der Waals surface area contributed by atoms with Gasteiger partial charge in [-0.2, -0.15) is 0 Å². The summed E-state index contributed by atoms with van der Waals surface area (Å²) < 4.78 is 0. The van der Waals surface area contributed by atoms with Crippen molar-refractivity contribution in [3.63, 3.8) is 0 Å². The van der Waals surface area contributed by atoms with Gasteiger partial charge in [-0.15, -0.1) is 0 Å². The van der Waals surface area contributed by atoms with Crippen molar-refractivity contribution in [3.05, 3.63) is 0 Å². The zero-order valence-corrected chi connectivity index (χ0v) is 9.06. The Kier molecular flexibility index (Phi) is 2.76. The van der Waals surface area contributed by atoms with Crippen LogP contribution in [0.15, 0.2) is 0 Å². The number of hydrogen-bond acceptors (Lipinski definition) is 1. The van der Waals surface area contributed by atoms with E-state index in [1.165, 1.54) is 24.9 Å². The van der Waals surface area contributed by atoms with E-state index in [0.29, 0.717) is 6.04 Å². The van der Waals surface area contributed by atoms with Crippen LogP contribution in [0, 0.1) is 5.92 Å². The molecule has 0 aromatic carbocycles. The van der Waals surface area contributed by atoms with Gasteiger partial charge in [0.25, 0.3) is 0 Å². The second-order valence-electron chi connectivity index (χ2n) is 4.88. The zero-order valence-electron chi connectivity index (χ0n) is 8.06. The molecule has 1 aliphatic heterocycles. The Morgan fingerprint density at radius 1 is 1.45 bits per heavy atom. The van der Waals surface area contributed by atoms with Crippen molar-refractivity contribution in [1.29, 1.82) is 0 Å². The molecule has 0 amide bonds. The maximum atomic E-state index is 5.91. The van der Waals surface area contributed by atoms with Crippen molar-refractivity contribution in [3.8, 4) is 0 Å². The quantitative estimate of drug-likeness (QED) is 0.603. The highest BCUT2D eigenvalue weighted by Crippen LogP contribution is 2.33. The molecular weight excluding hydrogens is 150 g/mol. The minimum Gasteiger partial charge on any atom is -0.328 e. The molecule has 1 fully saturated rings. The largest absolute Gasteiger partial charge is 0.328 e. The topological polar surface area (TPSA) is 26.0 Å². The van der Waals surface area contributed by atoms with Crippen LogP contribution in [0.4, 0.5) is 0 Å². The van der Waals surface area contributed by atoms with Gasteiger partial charge in [-0.25, -0.2) is 0 Å². The Morgan fingerprint density at radius 3 is 2.45 bits per heavy atom. The normalized spacial score (nSPS) is 33.3. The Bertz CT molecular complexity index is 132. The Balaban J connectivity index is 2.46. The van der Waals surface area contributed by atoms with Crippen LogP contribution in [0.3, 0.4) is 0 Å². The summed E-state index contributed by atoms with van der Waals surface area (Å²) in [5.41, 5.74) is 5.91. The molecule has 1 rings (SSSR count). The smallest absolute Gasteiger partial charge is 0.0477 e. The maximum absolute atomic E-state index is 5.91. The molecule has 0 saturated carbocycles. The van der Waals surface area contributed by atoms with Gasteiger partial charge in [0.1, 0.15) is 0 Å². The van der Waals surface area contributed by atoms with Gasteiger partial charge in [0.15, 0.2) is 0 Å². The van der Waals surface area contributed by atoms with E-state index in [2.05, 4.69) is 20.0 Å². The molecule has 0 spiro atoms. The van der Waals surface area contributed by atoms with Crippen LogP contribution in [-0.2, 0) is 0 Å². The summed E-state index contributed by atoms with van der Waals surface area (Å²) >= 11 is 0. The fraction of sp³-hybridized carbons (Fsp3) is 1.00. The van der Waals surface area contributed by atoms with Crippen molar-refractivity contribution in [1.82, 2.24) is 0 Å². The molecule has 1 aliphatic rings. The van der Waals surface area contributed by atoms with Gasteiger partial charge >= 0.3 is 0 Å². The molecule has 2 unspecified atom stereocenters. The van der Waals surface area contributed by atoms with Crippen LogP contribution in [0.1, 0.15) is 19.8 Å². The van der Waals surface area contributed by atoms with Gasteiger partial charge < -0.3 is 5.73 Å².